The van der Waals surface area contributed by atoms with Crippen molar-refractivity contribution in [3.63, 3.8) is 0 Å². The number of hydrogen-bond acceptors (Lipinski definition) is 11. The van der Waals surface area contributed by atoms with Gasteiger partial charge in [0.2, 0.25) is 11.6 Å². The van der Waals surface area contributed by atoms with Crippen LogP contribution in [0.2, 0.25) is 0 Å². The van der Waals surface area contributed by atoms with Gasteiger partial charge in [0.05, 0.1) is 5.71 Å². The molecule has 13 nitrogen and oxygen atoms in total. The van der Waals surface area contributed by atoms with Crippen molar-refractivity contribution in [3.8, 4) is 17.3 Å². The molecule has 0 bridgehead atoms. The number of rotatable bonds is 6. The summed E-state index contributed by atoms with van der Waals surface area (Å²) in [5.41, 5.74) is 9.43. The first-order valence-electron chi connectivity index (χ1n) is 9.56. The van der Waals surface area contributed by atoms with Gasteiger partial charge in [-0.2, -0.15) is 9.78 Å². The Morgan fingerprint density at radius 1 is 1.28 bits per heavy atom. The molecule has 1 aliphatic heterocycles. The molecule has 1 amide bonds. The molecule has 0 aliphatic carbocycles. The van der Waals surface area contributed by atoms with Crippen LogP contribution in [0.25, 0.3) is 5.82 Å². The number of nitrogens with one attached hydrogen (secondary N) is 1. The minimum Gasteiger partial charge on any atom is -0.508 e. The van der Waals surface area contributed by atoms with E-state index in [1.807, 2.05) is 0 Å². The van der Waals surface area contributed by atoms with Crippen LogP contribution < -0.4 is 11.2 Å². The average molecular weight is 464 g/mol. The standard InChI is InChI=1S/C18H21N9O4.ClH/c1-10(12-5-4-11(28)8-14(12)29)20-22-18(30)15-13(9-26-6-2-3-7-26)21-25-27(15)17-16(19)23-31-24-17;/h4-5,8,28-29H,2-3,6-7,9H2,1H3,(H2,19,23)(H,22,30);1H/b20-10+;. The van der Waals surface area contributed by atoms with Crippen LogP contribution in [0, 0.1) is 0 Å². The number of phenols is 2. The van der Waals surface area contributed by atoms with E-state index in [4.69, 9.17) is 5.73 Å². The van der Waals surface area contributed by atoms with E-state index in [-0.39, 0.29) is 41.2 Å². The number of amides is 1. The second-order valence-corrected chi connectivity index (χ2v) is 7.09. The number of anilines is 1. The van der Waals surface area contributed by atoms with Crippen LogP contribution in [-0.2, 0) is 6.54 Å². The molecule has 3 aromatic rings. The summed E-state index contributed by atoms with van der Waals surface area (Å²) >= 11 is 0. The van der Waals surface area contributed by atoms with Gasteiger partial charge >= 0.3 is 0 Å². The summed E-state index contributed by atoms with van der Waals surface area (Å²) in [7, 11) is 0. The molecule has 5 N–H and O–H groups in total. The van der Waals surface area contributed by atoms with Crippen molar-refractivity contribution >= 4 is 29.8 Å². The van der Waals surface area contributed by atoms with Crippen molar-refractivity contribution in [1.29, 1.82) is 0 Å². The molecule has 0 spiro atoms. The Morgan fingerprint density at radius 3 is 2.69 bits per heavy atom. The van der Waals surface area contributed by atoms with Gasteiger partial charge in [0.25, 0.3) is 5.91 Å². The van der Waals surface area contributed by atoms with E-state index in [1.165, 1.54) is 18.2 Å². The zero-order chi connectivity index (χ0) is 22.0. The molecule has 32 heavy (non-hydrogen) atoms. The van der Waals surface area contributed by atoms with Crippen LogP contribution in [-0.4, -0.2) is 65.1 Å². The molecule has 3 heterocycles. The van der Waals surface area contributed by atoms with Crippen molar-refractivity contribution in [1.82, 2.24) is 35.6 Å². The SMILES string of the molecule is C/C(=N\NC(=O)c1c(CN2CCCC2)nnn1-c1nonc1N)c1ccc(O)cc1O.Cl. The van der Waals surface area contributed by atoms with Crippen LogP contribution >= 0.6 is 12.4 Å². The Morgan fingerprint density at radius 2 is 2.03 bits per heavy atom. The smallest absolute Gasteiger partial charge is 0.292 e. The topological polar surface area (TPSA) is 181 Å². The van der Waals surface area contributed by atoms with Crippen molar-refractivity contribution < 1.29 is 19.6 Å². The predicted octanol–water partition coefficient (Wildman–Crippen LogP) is 0.815. The number of benzene rings is 1. The molecular weight excluding hydrogens is 442 g/mol. The molecule has 0 atom stereocenters. The van der Waals surface area contributed by atoms with E-state index in [0.29, 0.717) is 23.5 Å². The molecule has 0 radical (unpaired) electrons. The number of hydrazone groups is 1. The van der Waals surface area contributed by atoms with E-state index in [2.05, 4.69) is 40.7 Å². The summed E-state index contributed by atoms with van der Waals surface area (Å²) < 4.78 is 5.79. The third kappa shape index (κ3) is 4.63. The van der Waals surface area contributed by atoms with E-state index in [9.17, 15) is 15.0 Å². The lowest BCUT2D eigenvalue weighted by Gasteiger charge is -2.13. The molecule has 4 rings (SSSR count). The van der Waals surface area contributed by atoms with E-state index < -0.39 is 5.91 Å². The highest BCUT2D eigenvalue weighted by Gasteiger charge is 2.27. The molecule has 1 aromatic carbocycles. The molecular formula is C18H22ClN9O4. The zero-order valence-electron chi connectivity index (χ0n) is 17.1. The quantitative estimate of drug-likeness (QED) is 0.301. The second-order valence-electron chi connectivity index (χ2n) is 7.09. The van der Waals surface area contributed by atoms with Crippen LogP contribution in [0.4, 0.5) is 5.82 Å². The molecule has 1 fully saturated rings. The fourth-order valence-corrected chi connectivity index (χ4v) is 3.36. The summed E-state index contributed by atoms with van der Waals surface area (Å²) in [5.74, 6) is -0.849. The number of nitrogens with two attached hydrogens (primary N) is 1. The molecule has 0 unspecified atom stereocenters. The number of carbonyl (C=O) groups is 1. The van der Waals surface area contributed by atoms with Crippen LogP contribution in [0.1, 0.15) is 41.5 Å². The zero-order valence-corrected chi connectivity index (χ0v) is 17.9. The maximum Gasteiger partial charge on any atom is 0.292 e. The lowest BCUT2D eigenvalue weighted by Crippen LogP contribution is -2.26. The van der Waals surface area contributed by atoms with Gasteiger partial charge in [-0.15, -0.1) is 17.5 Å². The Labute approximate surface area is 188 Å². The summed E-state index contributed by atoms with van der Waals surface area (Å²) in [4.78, 5) is 15.2. The first-order valence-corrected chi connectivity index (χ1v) is 9.56. The van der Waals surface area contributed by atoms with Crippen molar-refractivity contribution in [2.75, 3.05) is 18.8 Å². The van der Waals surface area contributed by atoms with Gasteiger partial charge < -0.3 is 15.9 Å². The molecule has 1 aliphatic rings. The summed E-state index contributed by atoms with van der Waals surface area (Å²) in [6, 6.07) is 4.08. The Kier molecular flexibility index (Phi) is 6.90. The van der Waals surface area contributed by atoms with Crippen molar-refractivity contribution in [3.05, 3.63) is 35.2 Å². The molecule has 0 saturated carbocycles. The predicted molar refractivity (Wildman–Crippen MR) is 115 cm³/mol. The third-order valence-corrected chi connectivity index (χ3v) is 4.92. The number of carbonyl (C=O) groups excluding carboxylic acids is 1. The number of hydrogen-bond donors (Lipinski definition) is 4. The number of aromatic hydroxyl groups is 2. The minimum atomic E-state index is -0.598. The number of likely N-dealkylation sites (tertiary alicyclic amines) is 1. The van der Waals surface area contributed by atoms with Crippen molar-refractivity contribution in [2.24, 2.45) is 5.10 Å². The molecule has 1 saturated heterocycles. The largest absolute Gasteiger partial charge is 0.508 e. The van der Waals surface area contributed by atoms with E-state index in [0.717, 1.165) is 30.6 Å². The first kappa shape index (κ1) is 23.0. The van der Waals surface area contributed by atoms with Gasteiger partial charge in [0, 0.05) is 18.2 Å². The number of phenolic OH excluding ortho intramolecular Hbond substituents is 2. The Bertz CT molecular complexity index is 1140. The highest BCUT2D eigenvalue weighted by atomic mass is 35.5. The monoisotopic (exact) mass is 463 g/mol. The minimum absolute atomic E-state index is 0. The maximum absolute atomic E-state index is 13.0. The lowest BCUT2D eigenvalue weighted by atomic mass is 10.1. The van der Waals surface area contributed by atoms with Gasteiger partial charge in [-0.25, -0.2) is 10.1 Å². The van der Waals surface area contributed by atoms with Gasteiger partial charge in [0.1, 0.15) is 17.2 Å². The number of halogens is 1. The Balaban J connectivity index is 0.00000289. The molecule has 14 heteroatoms. The highest BCUT2D eigenvalue weighted by molar-refractivity contribution is 6.02. The van der Waals surface area contributed by atoms with Gasteiger partial charge in [-0.05, 0) is 55.3 Å². The van der Waals surface area contributed by atoms with Gasteiger partial charge in [-0.1, -0.05) is 5.21 Å². The van der Waals surface area contributed by atoms with Crippen LogP contribution in [0.15, 0.2) is 27.9 Å². The van der Waals surface area contributed by atoms with Crippen LogP contribution in [0.5, 0.6) is 11.5 Å². The van der Waals surface area contributed by atoms with Gasteiger partial charge in [-0.3, -0.25) is 9.69 Å². The fourth-order valence-electron chi connectivity index (χ4n) is 3.36. The maximum atomic E-state index is 13.0. The summed E-state index contributed by atoms with van der Waals surface area (Å²) in [5, 5.41) is 38.9. The average Bonchev–Trinajstić information content (AvgIpc) is 3.47. The third-order valence-electron chi connectivity index (χ3n) is 4.92. The van der Waals surface area contributed by atoms with Gasteiger partial charge in [0.15, 0.2) is 5.69 Å². The fraction of sp³-hybridized carbons (Fsp3) is 0.333. The van der Waals surface area contributed by atoms with Crippen LogP contribution in [0.3, 0.4) is 0 Å². The normalized spacial score (nSPS) is 14.3. The summed E-state index contributed by atoms with van der Waals surface area (Å²) in [6.07, 6.45) is 2.16. The number of aromatic nitrogens is 5. The highest BCUT2D eigenvalue weighted by Crippen LogP contribution is 2.23. The molecule has 2 aromatic heterocycles. The number of nitrogens with zero attached hydrogens (tertiary/aromatic N) is 7. The number of nitrogen functional groups attached to an aromatic ring is 1. The van der Waals surface area contributed by atoms with E-state index >= 15 is 0 Å². The lowest BCUT2D eigenvalue weighted by molar-refractivity contribution is 0.0944. The second kappa shape index (κ2) is 9.62. The summed E-state index contributed by atoms with van der Waals surface area (Å²) in [6.45, 7) is 3.83. The van der Waals surface area contributed by atoms with E-state index in [1.54, 1.807) is 6.92 Å². The Hall–Kier alpha value is -3.71. The first-order chi connectivity index (χ1) is 14.9. The van der Waals surface area contributed by atoms with Crippen molar-refractivity contribution in [2.45, 2.75) is 26.3 Å². The molecule has 170 valence electrons.